The normalized spacial score (nSPS) is 15.3. The van der Waals surface area contributed by atoms with Crippen molar-refractivity contribution in [1.29, 1.82) is 0 Å². The quantitative estimate of drug-likeness (QED) is 0.731. The van der Waals surface area contributed by atoms with Crippen molar-refractivity contribution in [1.82, 2.24) is 0 Å². The maximum Gasteiger partial charge on any atom is 0.123 e. The van der Waals surface area contributed by atoms with Crippen LogP contribution in [-0.2, 0) is 16.6 Å². The highest BCUT2D eigenvalue weighted by atomic mass is 32.2. The van der Waals surface area contributed by atoms with Crippen LogP contribution in [0.5, 0.6) is 5.75 Å². The first-order valence-electron chi connectivity index (χ1n) is 7.94. The minimum Gasteiger partial charge on any atom is -0.507 e. The molecule has 2 rings (SSSR count). The summed E-state index contributed by atoms with van der Waals surface area (Å²) in [4.78, 5) is 1.37. The Labute approximate surface area is 139 Å². The Morgan fingerprint density at radius 1 is 1.05 bits per heavy atom. The third-order valence-electron chi connectivity index (χ3n) is 4.01. The predicted molar refractivity (Wildman–Crippen MR) is 98.6 cm³/mol. The van der Waals surface area contributed by atoms with Crippen LogP contribution in [0.3, 0.4) is 0 Å². The maximum atomic E-state index is 10.7. The maximum absolute atomic E-state index is 10.7. The molecule has 0 atom stereocenters. The molecule has 0 aliphatic heterocycles. The van der Waals surface area contributed by atoms with E-state index in [0.29, 0.717) is 5.75 Å². The summed E-state index contributed by atoms with van der Waals surface area (Å²) < 4.78 is 0. The molecule has 0 heterocycles. The van der Waals surface area contributed by atoms with Crippen molar-refractivity contribution in [2.24, 2.45) is 0 Å². The largest absolute Gasteiger partial charge is 0.507 e. The molecule has 1 nitrogen and oxygen atoms in total. The average Bonchev–Trinajstić information content (AvgIpc) is 2.87. The fraction of sp³-hybridized carbons (Fsp3) is 0.500. The number of benzene rings is 1. The summed E-state index contributed by atoms with van der Waals surface area (Å²) in [5, 5.41) is 10.7. The molecule has 0 fully saturated rings. The Morgan fingerprint density at radius 3 is 2.23 bits per heavy atom. The summed E-state index contributed by atoms with van der Waals surface area (Å²) in [7, 11) is 0. The number of phenolic OH excluding ortho intramolecular Hbond substituents is 1. The van der Waals surface area contributed by atoms with Crippen LogP contribution < -0.4 is 0 Å². The average molecular weight is 317 g/mol. The second kappa shape index (κ2) is 6.16. The fourth-order valence-electron chi connectivity index (χ4n) is 2.51. The van der Waals surface area contributed by atoms with Crippen LogP contribution in [0.2, 0.25) is 0 Å². The zero-order valence-electron chi connectivity index (χ0n) is 14.7. The third-order valence-corrected chi connectivity index (χ3v) is 5.14. The van der Waals surface area contributed by atoms with E-state index in [0.717, 1.165) is 23.3 Å². The zero-order valence-corrected chi connectivity index (χ0v) is 15.5. The summed E-state index contributed by atoms with van der Waals surface area (Å²) in [6.45, 7) is 13.2. The number of hydrogen-bond acceptors (Lipinski definition) is 2. The first-order valence-corrected chi connectivity index (χ1v) is 8.93. The van der Waals surface area contributed by atoms with Gasteiger partial charge in [0, 0.05) is 11.3 Å². The van der Waals surface area contributed by atoms with Gasteiger partial charge >= 0.3 is 0 Å². The molecule has 1 aromatic carbocycles. The molecule has 0 aromatic heterocycles. The van der Waals surface area contributed by atoms with Crippen LogP contribution in [0.25, 0.3) is 0 Å². The Kier molecular flexibility index (Phi) is 4.81. The number of phenols is 1. The lowest BCUT2D eigenvalue weighted by Crippen LogP contribution is -2.17. The monoisotopic (exact) mass is 316 g/mol. The summed E-state index contributed by atoms with van der Waals surface area (Å²) in [5.41, 5.74) is 3.42. The van der Waals surface area contributed by atoms with E-state index in [4.69, 9.17) is 0 Å². The van der Waals surface area contributed by atoms with Gasteiger partial charge in [0.25, 0.3) is 0 Å². The van der Waals surface area contributed by atoms with Gasteiger partial charge in [-0.3, -0.25) is 0 Å². The highest BCUT2D eigenvalue weighted by Crippen LogP contribution is 2.40. The van der Waals surface area contributed by atoms with Crippen molar-refractivity contribution >= 4 is 11.8 Å². The number of hydrogen-bond donors (Lipinski definition) is 1. The van der Waals surface area contributed by atoms with Crippen LogP contribution >= 0.6 is 11.8 Å². The zero-order chi connectivity index (χ0) is 16.5. The van der Waals surface area contributed by atoms with Crippen molar-refractivity contribution in [2.45, 2.75) is 64.5 Å². The molecule has 0 amide bonds. The number of rotatable bonds is 3. The fourth-order valence-corrected chi connectivity index (χ4v) is 3.46. The van der Waals surface area contributed by atoms with E-state index in [9.17, 15) is 5.11 Å². The minimum absolute atomic E-state index is 0.0566. The van der Waals surface area contributed by atoms with Crippen LogP contribution in [0.4, 0.5) is 0 Å². The van der Waals surface area contributed by atoms with Gasteiger partial charge in [0.2, 0.25) is 0 Å². The van der Waals surface area contributed by atoms with Crippen molar-refractivity contribution in [3.63, 3.8) is 0 Å². The second-order valence-electron chi connectivity index (χ2n) is 8.09. The molecule has 120 valence electrons. The highest BCUT2D eigenvalue weighted by molar-refractivity contribution is 8.02. The Balaban J connectivity index is 2.38. The van der Waals surface area contributed by atoms with Crippen LogP contribution in [0, 0.1) is 0 Å². The van der Waals surface area contributed by atoms with E-state index in [1.807, 2.05) is 11.8 Å². The lowest BCUT2D eigenvalue weighted by molar-refractivity contribution is 0.440. The molecule has 0 unspecified atom stereocenters. The van der Waals surface area contributed by atoms with Gasteiger partial charge in [-0.15, -0.1) is 11.8 Å². The van der Waals surface area contributed by atoms with Crippen LogP contribution in [0.15, 0.2) is 35.3 Å². The molecular formula is C20H28OS. The van der Waals surface area contributed by atoms with Gasteiger partial charge in [0.05, 0.1) is 0 Å². The van der Waals surface area contributed by atoms with Crippen LogP contribution in [-0.4, -0.2) is 5.11 Å². The molecule has 1 aromatic rings. The Hall–Kier alpha value is -1.15. The van der Waals surface area contributed by atoms with Gasteiger partial charge < -0.3 is 5.11 Å². The van der Waals surface area contributed by atoms with E-state index in [2.05, 4.69) is 71.9 Å². The minimum atomic E-state index is -0.0566. The number of aromatic hydroxyl groups is 1. The lowest BCUT2D eigenvalue weighted by atomic mass is 9.79. The molecule has 0 saturated heterocycles. The topological polar surface area (TPSA) is 20.2 Å². The molecule has 0 bridgehead atoms. The summed E-state index contributed by atoms with van der Waals surface area (Å²) in [6.07, 6.45) is 7.47. The lowest BCUT2D eigenvalue weighted by Gasteiger charge is -2.27. The highest BCUT2D eigenvalue weighted by Gasteiger charge is 2.24. The molecule has 22 heavy (non-hydrogen) atoms. The standard InChI is InChI=1S/C20H28OS/c1-19(2,3)15-11-14(13-22-16-9-7-8-10-16)18(21)17(12-15)20(4,5)6/h7-9,11-12,21H,10,13H2,1-6H3. The second-order valence-corrected chi connectivity index (χ2v) is 9.19. The first-order chi connectivity index (χ1) is 10.1. The summed E-state index contributed by atoms with van der Waals surface area (Å²) in [6, 6.07) is 4.36. The molecule has 1 aliphatic carbocycles. The van der Waals surface area contributed by atoms with E-state index in [1.54, 1.807) is 0 Å². The SMILES string of the molecule is CC(C)(C)c1cc(CSC2=CC=CC2)c(O)c(C(C)(C)C)c1. The summed E-state index contributed by atoms with van der Waals surface area (Å²) >= 11 is 1.83. The number of thioether (sulfide) groups is 1. The van der Waals surface area contributed by atoms with E-state index < -0.39 is 0 Å². The Bertz CT molecular complexity index is 610. The predicted octanol–water partition coefficient (Wildman–Crippen LogP) is 6.06. The molecule has 1 aliphatic rings. The van der Waals surface area contributed by atoms with E-state index in [1.165, 1.54) is 10.5 Å². The molecule has 1 N–H and O–H groups in total. The molecular weight excluding hydrogens is 288 g/mol. The van der Waals surface area contributed by atoms with Gasteiger partial charge in [0.15, 0.2) is 0 Å². The smallest absolute Gasteiger partial charge is 0.123 e. The molecule has 2 heteroatoms. The van der Waals surface area contributed by atoms with Gasteiger partial charge in [-0.2, -0.15) is 0 Å². The molecule has 0 saturated carbocycles. The van der Waals surface area contributed by atoms with Gasteiger partial charge in [-0.25, -0.2) is 0 Å². The third kappa shape index (κ3) is 3.98. The van der Waals surface area contributed by atoms with Crippen LogP contribution in [0.1, 0.15) is 64.7 Å². The van der Waals surface area contributed by atoms with Gasteiger partial charge in [-0.1, -0.05) is 71.9 Å². The first kappa shape index (κ1) is 17.2. The van der Waals surface area contributed by atoms with E-state index >= 15 is 0 Å². The van der Waals surface area contributed by atoms with Crippen molar-refractivity contribution in [2.75, 3.05) is 0 Å². The number of allylic oxidation sites excluding steroid dienone is 4. The van der Waals surface area contributed by atoms with Crippen molar-refractivity contribution in [3.05, 3.63) is 52.0 Å². The van der Waals surface area contributed by atoms with Gasteiger partial charge in [-0.05, 0) is 33.3 Å². The van der Waals surface area contributed by atoms with Crippen molar-refractivity contribution < 1.29 is 5.11 Å². The summed E-state index contributed by atoms with van der Waals surface area (Å²) in [5.74, 6) is 1.30. The van der Waals surface area contributed by atoms with Crippen molar-refractivity contribution in [3.8, 4) is 5.75 Å². The Morgan fingerprint density at radius 2 is 1.73 bits per heavy atom. The van der Waals surface area contributed by atoms with Gasteiger partial charge in [0.1, 0.15) is 5.75 Å². The molecule has 0 radical (unpaired) electrons. The molecule has 0 spiro atoms. The van der Waals surface area contributed by atoms with E-state index in [-0.39, 0.29) is 10.8 Å².